The van der Waals surface area contributed by atoms with Gasteiger partial charge in [0, 0.05) is 34.0 Å². The Morgan fingerprint density at radius 2 is 1.90 bits per heavy atom. The number of halogens is 1. The molecular weight excluding hydrogens is 328 g/mol. The molecule has 0 spiro atoms. The van der Waals surface area contributed by atoms with Crippen molar-refractivity contribution < 1.29 is 4.74 Å². The van der Waals surface area contributed by atoms with Crippen molar-refractivity contribution in [3.63, 3.8) is 0 Å². The zero-order valence-electron chi connectivity index (χ0n) is 12.4. The van der Waals surface area contributed by atoms with Gasteiger partial charge in [-0.25, -0.2) is 0 Å². The van der Waals surface area contributed by atoms with Gasteiger partial charge in [0.1, 0.15) is 5.75 Å². The predicted octanol–water partition coefficient (Wildman–Crippen LogP) is 4.99. The van der Waals surface area contributed by atoms with E-state index in [0.29, 0.717) is 12.3 Å². The molecule has 0 saturated heterocycles. The van der Waals surface area contributed by atoms with Crippen LogP contribution in [0.25, 0.3) is 0 Å². The second kappa shape index (κ2) is 7.36. The van der Waals surface area contributed by atoms with Gasteiger partial charge < -0.3 is 15.8 Å². The summed E-state index contributed by atoms with van der Waals surface area (Å²) in [5, 5.41) is 3.46. The quantitative estimate of drug-likeness (QED) is 0.722. The fourth-order valence-electron chi connectivity index (χ4n) is 2.09. The first-order chi connectivity index (χ1) is 10.1. The molecule has 21 heavy (non-hydrogen) atoms. The van der Waals surface area contributed by atoms with E-state index in [2.05, 4.69) is 47.2 Å². The maximum absolute atomic E-state index is 5.94. The third-order valence-corrected chi connectivity index (χ3v) is 3.68. The molecule has 0 heterocycles. The molecule has 1 unspecified atom stereocenters. The highest BCUT2D eigenvalue weighted by molar-refractivity contribution is 9.10. The molecule has 3 N–H and O–H groups in total. The van der Waals surface area contributed by atoms with Crippen LogP contribution in [0.15, 0.2) is 46.9 Å². The number of nitrogen functional groups attached to an aromatic ring is 1. The van der Waals surface area contributed by atoms with Crippen molar-refractivity contribution in [3.05, 3.63) is 52.5 Å². The van der Waals surface area contributed by atoms with Crippen LogP contribution in [-0.4, -0.2) is 6.61 Å². The summed E-state index contributed by atoms with van der Waals surface area (Å²) in [5.74, 6) is 0.808. The molecule has 0 bridgehead atoms. The van der Waals surface area contributed by atoms with E-state index in [1.165, 1.54) is 5.56 Å². The van der Waals surface area contributed by atoms with Crippen LogP contribution in [0.3, 0.4) is 0 Å². The zero-order valence-corrected chi connectivity index (χ0v) is 14.0. The molecule has 4 heteroatoms. The van der Waals surface area contributed by atoms with E-state index >= 15 is 0 Å². The maximum atomic E-state index is 5.94. The van der Waals surface area contributed by atoms with Crippen LogP contribution in [0.2, 0.25) is 0 Å². The summed E-state index contributed by atoms with van der Waals surface area (Å²) >= 11 is 3.45. The summed E-state index contributed by atoms with van der Waals surface area (Å²) < 4.78 is 6.73. The van der Waals surface area contributed by atoms with Gasteiger partial charge in [-0.1, -0.05) is 35.0 Å². The smallest absolute Gasteiger partial charge is 0.123 e. The van der Waals surface area contributed by atoms with Crippen molar-refractivity contribution in [1.29, 1.82) is 0 Å². The Morgan fingerprint density at radius 1 is 1.19 bits per heavy atom. The minimum atomic E-state index is 0.193. The first kappa shape index (κ1) is 15.7. The molecule has 3 nitrogen and oxygen atoms in total. The second-order valence-corrected chi connectivity index (χ2v) is 5.97. The molecule has 0 aromatic heterocycles. The third-order valence-electron chi connectivity index (χ3n) is 3.15. The first-order valence-corrected chi connectivity index (χ1v) is 7.93. The number of benzene rings is 2. The van der Waals surface area contributed by atoms with Crippen LogP contribution in [0.1, 0.15) is 31.9 Å². The van der Waals surface area contributed by atoms with Gasteiger partial charge in [0.05, 0.1) is 6.61 Å². The number of anilines is 2. The number of nitrogens with one attached hydrogen (secondary N) is 1. The Morgan fingerprint density at radius 3 is 2.57 bits per heavy atom. The molecule has 0 aliphatic rings. The molecule has 0 amide bonds. The van der Waals surface area contributed by atoms with Crippen LogP contribution in [0, 0.1) is 0 Å². The fourth-order valence-corrected chi connectivity index (χ4v) is 2.36. The van der Waals surface area contributed by atoms with E-state index in [4.69, 9.17) is 10.5 Å². The van der Waals surface area contributed by atoms with Gasteiger partial charge in [-0.2, -0.15) is 0 Å². The molecule has 0 aliphatic heterocycles. The summed E-state index contributed by atoms with van der Waals surface area (Å²) in [6.07, 6.45) is 0.979. The van der Waals surface area contributed by atoms with E-state index < -0.39 is 0 Å². The van der Waals surface area contributed by atoms with Crippen molar-refractivity contribution in [3.8, 4) is 5.75 Å². The monoisotopic (exact) mass is 348 g/mol. The largest absolute Gasteiger partial charge is 0.493 e. The summed E-state index contributed by atoms with van der Waals surface area (Å²) in [7, 11) is 0. The Balaban J connectivity index is 2.10. The van der Waals surface area contributed by atoms with Crippen molar-refractivity contribution in [2.24, 2.45) is 0 Å². The predicted molar refractivity (Wildman–Crippen MR) is 92.8 cm³/mol. The van der Waals surface area contributed by atoms with E-state index in [1.54, 1.807) is 0 Å². The van der Waals surface area contributed by atoms with Crippen LogP contribution in [-0.2, 0) is 0 Å². The Labute approximate surface area is 134 Å². The van der Waals surface area contributed by atoms with E-state index in [-0.39, 0.29) is 6.04 Å². The Hall–Kier alpha value is -1.68. The van der Waals surface area contributed by atoms with Crippen LogP contribution in [0.4, 0.5) is 11.4 Å². The lowest BCUT2D eigenvalue weighted by Gasteiger charge is -2.17. The lowest BCUT2D eigenvalue weighted by atomic mass is 10.1. The fraction of sp³-hybridized carbons (Fsp3) is 0.294. The molecule has 112 valence electrons. The average molecular weight is 349 g/mol. The normalized spacial score (nSPS) is 12.0. The van der Waals surface area contributed by atoms with Crippen molar-refractivity contribution in [2.45, 2.75) is 26.3 Å². The molecule has 1 atom stereocenters. The van der Waals surface area contributed by atoms with Crippen molar-refractivity contribution in [2.75, 3.05) is 17.7 Å². The minimum Gasteiger partial charge on any atom is -0.493 e. The standard InChI is InChI=1S/C17H21BrN2O/c1-3-8-21-17-10-15(19)9-16(11-17)20-12(2)13-4-6-14(18)7-5-13/h4-7,9-12,20H,3,8,19H2,1-2H3. The van der Waals surface area contributed by atoms with E-state index in [0.717, 1.165) is 22.3 Å². The highest BCUT2D eigenvalue weighted by Gasteiger charge is 2.07. The van der Waals surface area contributed by atoms with Gasteiger partial charge in [-0.05, 0) is 37.1 Å². The molecular formula is C17H21BrN2O. The average Bonchev–Trinajstić information content (AvgIpc) is 2.45. The SMILES string of the molecule is CCCOc1cc(N)cc(NC(C)c2ccc(Br)cc2)c1. The summed E-state index contributed by atoms with van der Waals surface area (Å²) in [6.45, 7) is 4.91. The number of ether oxygens (including phenoxy) is 1. The van der Waals surface area contributed by atoms with Crippen molar-refractivity contribution >= 4 is 27.3 Å². The van der Waals surface area contributed by atoms with Gasteiger partial charge >= 0.3 is 0 Å². The molecule has 0 fully saturated rings. The summed E-state index contributed by atoms with van der Waals surface area (Å²) in [5.41, 5.74) is 8.83. The summed E-state index contributed by atoms with van der Waals surface area (Å²) in [6, 6.07) is 14.2. The molecule has 0 radical (unpaired) electrons. The van der Waals surface area contributed by atoms with Crippen molar-refractivity contribution in [1.82, 2.24) is 0 Å². The zero-order chi connectivity index (χ0) is 15.2. The highest BCUT2D eigenvalue weighted by atomic mass is 79.9. The first-order valence-electron chi connectivity index (χ1n) is 7.14. The molecule has 0 aliphatic carbocycles. The van der Waals surface area contributed by atoms with Crippen LogP contribution in [0.5, 0.6) is 5.75 Å². The van der Waals surface area contributed by atoms with Crippen LogP contribution >= 0.6 is 15.9 Å². The molecule has 2 aromatic rings. The number of rotatable bonds is 6. The highest BCUT2D eigenvalue weighted by Crippen LogP contribution is 2.26. The van der Waals surface area contributed by atoms with Gasteiger partial charge in [0.2, 0.25) is 0 Å². The number of hydrogen-bond donors (Lipinski definition) is 2. The van der Waals surface area contributed by atoms with E-state index in [1.807, 2.05) is 30.3 Å². The van der Waals surface area contributed by atoms with Gasteiger partial charge in [0.15, 0.2) is 0 Å². The van der Waals surface area contributed by atoms with E-state index in [9.17, 15) is 0 Å². The lowest BCUT2D eigenvalue weighted by Crippen LogP contribution is -2.07. The molecule has 0 saturated carbocycles. The second-order valence-electron chi connectivity index (χ2n) is 5.06. The minimum absolute atomic E-state index is 0.193. The lowest BCUT2D eigenvalue weighted by molar-refractivity contribution is 0.318. The summed E-state index contributed by atoms with van der Waals surface area (Å²) in [4.78, 5) is 0. The maximum Gasteiger partial charge on any atom is 0.123 e. The number of hydrogen-bond acceptors (Lipinski definition) is 3. The molecule has 2 aromatic carbocycles. The topological polar surface area (TPSA) is 47.3 Å². The molecule has 2 rings (SSSR count). The Kier molecular flexibility index (Phi) is 5.51. The van der Waals surface area contributed by atoms with Gasteiger partial charge in [-0.15, -0.1) is 0 Å². The Bertz CT molecular complexity index is 584. The van der Waals surface area contributed by atoms with Crippen LogP contribution < -0.4 is 15.8 Å². The van der Waals surface area contributed by atoms with Gasteiger partial charge in [-0.3, -0.25) is 0 Å². The van der Waals surface area contributed by atoms with Gasteiger partial charge in [0.25, 0.3) is 0 Å². The third kappa shape index (κ3) is 4.67. The number of nitrogens with two attached hydrogens (primary N) is 1.